The van der Waals surface area contributed by atoms with Gasteiger partial charge in [0.05, 0.1) is 11.3 Å². The van der Waals surface area contributed by atoms with Gasteiger partial charge in [-0.15, -0.1) is 0 Å². The first-order valence-electron chi connectivity index (χ1n) is 5.19. The molecular weight excluding hydrogens is 202 g/mol. The van der Waals surface area contributed by atoms with Gasteiger partial charge >= 0.3 is 0 Å². The molecule has 2 heterocycles. The molecule has 1 amide bonds. The third kappa shape index (κ3) is 1.30. The van der Waals surface area contributed by atoms with Gasteiger partial charge < -0.3 is 10.1 Å². The van der Waals surface area contributed by atoms with Crippen molar-refractivity contribution < 1.29 is 4.79 Å². The highest BCUT2D eigenvalue weighted by Crippen LogP contribution is 2.20. The maximum Gasteiger partial charge on any atom is 0.250 e. The van der Waals surface area contributed by atoms with Gasteiger partial charge in [0.1, 0.15) is 5.65 Å². The Kier molecular flexibility index (Phi) is 2.22. The Labute approximate surface area is 94.1 Å². The molecule has 0 aliphatic carbocycles. The van der Waals surface area contributed by atoms with Gasteiger partial charge in [0, 0.05) is 11.4 Å². The van der Waals surface area contributed by atoms with Gasteiger partial charge in [0.2, 0.25) is 0 Å². The van der Waals surface area contributed by atoms with E-state index < -0.39 is 0 Å². The highest BCUT2D eigenvalue weighted by molar-refractivity contribution is 5.95. The second-order valence-corrected chi connectivity index (χ2v) is 4.13. The molecule has 0 aliphatic rings. The van der Waals surface area contributed by atoms with Gasteiger partial charge in [0.15, 0.2) is 0 Å². The summed E-state index contributed by atoms with van der Waals surface area (Å²) in [5.74, 6) is -0.386. The average Bonchev–Trinajstić information content (AvgIpc) is 2.41. The number of amides is 1. The molecule has 4 nitrogen and oxygen atoms in total. The van der Waals surface area contributed by atoms with Crippen LogP contribution in [0.15, 0.2) is 6.07 Å². The molecule has 0 atom stereocenters. The second-order valence-electron chi connectivity index (χ2n) is 4.13. The zero-order chi connectivity index (χ0) is 12.0. The lowest BCUT2D eigenvalue weighted by atomic mass is 10.1. The number of hydrogen-bond acceptors (Lipinski definition) is 2. The summed E-state index contributed by atoms with van der Waals surface area (Å²) < 4.78 is 1.97. The summed E-state index contributed by atoms with van der Waals surface area (Å²) >= 11 is 0. The van der Waals surface area contributed by atoms with E-state index in [1.807, 2.05) is 38.2 Å². The summed E-state index contributed by atoms with van der Waals surface area (Å²) in [6.07, 6.45) is 0. The normalized spacial score (nSPS) is 11.0. The molecule has 0 bridgehead atoms. The number of aromatic nitrogens is 2. The zero-order valence-electron chi connectivity index (χ0n) is 9.96. The molecule has 2 rings (SSSR count). The van der Waals surface area contributed by atoms with E-state index in [0.29, 0.717) is 5.56 Å². The van der Waals surface area contributed by atoms with Crippen LogP contribution >= 0.6 is 0 Å². The Hall–Kier alpha value is -1.84. The quantitative estimate of drug-likeness (QED) is 0.789. The fraction of sp³-hybridized carbons (Fsp3) is 0.333. The zero-order valence-corrected chi connectivity index (χ0v) is 9.96. The Bertz CT molecular complexity index is 596. The molecule has 16 heavy (non-hydrogen) atoms. The molecular formula is C12H15N3O. The smallest absolute Gasteiger partial charge is 0.250 e. The lowest BCUT2D eigenvalue weighted by Gasteiger charge is -2.10. The predicted molar refractivity (Wildman–Crippen MR) is 62.7 cm³/mol. The third-order valence-electron chi connectivity index (χ3n) is 3.05. The van der Waals surface area contributed by atoms with Crippen molar-refractivity contribution in [2.24, 2.45) is 5.73 Å². The van der Waals surface area contributed by atoms with Crippen molar-refractivity contribution in [3.8, 4) is 0 Å². The summed E-state index contributed by atoms with van der Waals surface area (Å²) in [6.45, 7) is 7.73. The van der Waals surface area contributed by atoms with Crippen LogP contribution < -0.4 is 5.73 Å². The van der Waals surface area contributed by atoms with Crippen LogP contribution in [-0.4, -0.2) is 15.3 Å². The average molecular weight is 217 g/mol. The monoisotopic (exact) mass is 217 g/mol. The van der Waals surface area contributed by atoms with Crippen LogP contribution in [0.2, 0.25) is 0 Å². The third-order valence-corrected chi connectivity index (χ3v) is 3.05. The molecule has 0 fully saturated rings. The van der Waals surface area contributed by atoms with Crippen LogP contribution in [0.25, 0.3) is 5.65 Å². The summed E-state index contributed by atoms with van der Waals surface area (Å²) in [4.78, 5) is 15.8. The van der Waals surface area contributed by atoms with Gasteiger partial charge in [-0.05, 0) is 39.3 Å². The summed E-state index contributed by atoms with van der Waals surface area (Å²) in [7, 11) is 0. The van der Waals surface area contributed by atoms with Gasteiger partial charge in [-0.25, -0.2) is 4.98 Å². The molecule has 2 aromatic heterocycles. The minimum Gasteiger partial charge on any atom is -0.366 e. The lowest BCUT2D eigenvalue weighted by Crippen LogP contribution is -2.16. The maximum atomic E-state index is 11.4. The number of nitrogens with zero attached hydrogens (tertiary/aromatic N) is 2. The van der Waals surface area contributed by atoms with E-state index in [-0.39, 0.29) is 5.91 Å². The first-order valence-corrected chi connectivity index (χ1v) is 5.19. The standard InChI is InChI=1S/C12H15N3O/c1-6-5-10-14-7(2)8(3)15(10)9(4)11(6)12(13)16/h5H,1-4H3,(H2,13,16). The van der Waals surface area contributed by atoms with Crippen molar-refractivity contribution in [3.63, 3.8) is 0 Å². The summed E-state index contributed by atoms with van der Waals surface area (Å²) in [6, 6.07) is 1.90. The molecule has 0 unspecified atom stereocenters. The first-order chi connectivity index (χ1) is 7.43. The summed E-state index contributed by atoms with van der Waals surface area (Å²) in [5.41, 5.74) is 10.6. The van der Waals surface area contributed by atoms with E-state index in [9.17, 15) is 4.79 Å². The van der Waals surface area contributed by atoms with Crippen molar-refractivity contribution in [3.05, 3.63) is 34.3 Å². The van der Waals surface area contributed by atoms with Gasteiger partial charge in [-0.1, -0.05) is 0 Å². The van der Waals surface area contributed by atoms with E-state index in [1.54, 1.807) is 0 Å². The highest BCUT2D eigenvalue weighted by atomic mass is 16.1. The predicted octanol–water partition coefficient (Wildman–Crippen LogP) is 1.67. The topological polar surface area (TPSA) is 60.4 Å². The number of primary amides is 1. The van der Waals surface area contributed by atoms with Crippen LogP contribution in [-0.2, 0) is 0 Å². The van der Waals surface area contributed by atoms with E-state index in [1.165, 1.54) is 0 Å². The number of carbonyl (C=O) groups is 1. The molecule has 0 radical (unpaired) electrons. The molecule has 2 N–H and O–H groups in total. The molecule has 0 spiro atoms. The van der Waals surface area contributed by atoms with Crippen molar-refractivity contribution in [1.82, 2.24) is 9.38 Å². The molecule has 4 heteroatoms. The summed E-state index contributed by atoms with van der Waals surface area (Å²) in [5, 5.41) is 0. The van der Waals surface area contributed by atoms with Gasteiger partial charge in [-0.2, -0.15) is 0 Å². The number of fused-ring (bicyclic) bond motifs is 1. The number of nitrogens with two attached hydrogens (primary N) is 1. The Morgan fingerprint density at radius 1 is 1.25 bits per heavy atom. The van der Waals surface area contributed by atoms with Crippen molar-refractivity contribution >= 4 is 11.6 Å². The first kappa shape index (κ1) is 10.7. The van der Waals surface area contributed by atoms with Gasteiger partial charge in [0.25, 0.3) is 5.91 Å². The van der Waals surface area contributed by atoms with E-state index >= 15 is 0 Å². The lowest BCUT2D eigenvalue weighted by molar-refractivity contribution is 0.0998. The van der Waals surface area contributed by atoms with Crippen LogP contribution in [0.3, 0.4) is 0 Å². The van der Waals surface area contributed by atoms with E-state index in [4.69, 9.17) is 5.73 Å². The largest absolute Gasteiger partial charge is 0.366 e. The number of hydrogen-bond donors (Lipinski definition) is 1. The minimum atomic E-state index is -0.386. The number of pyridine rings is 1. The Morgan fingerprint density at radius 2 is 1.88 bits per heavy atom. The van der Waals surface area contributed by atoms with Crippen molar-refractivity contribution in [2.45, 2.75) is 27.7 Å². The molecule has 0 saturated carbocycles. The van der Waals surface area contributed by atoms with Crippen LogP contribution in [0.5, 0.6) is 0 Å². The second kappa shape index (κ2) is 3.33. The Balaban J connectivity index is 2.96. The van der Waals surface area contributed by atoms with Crippen molar-refractivity contribution in [2.75, 3.05) is 0 Å². The van der Waals surface area contributed by atoms with Crippen LogP contribution in [0.4, 0.5) is 0 Å². The fourth-order valence-electron chi connectivity index (χ4n) is 2.19. The van der Waals surface area contributed by atoms with E-state index in [2.05, 4.69) is 4.98 Å². The van der Waals surface area contributed by atoms with Crippen molar-refractivity contribution in [1.29, 1.82) is 0 Å². The minimum absolute atomic E-state index is 0.386. The van der Waals surface area contributed by atoms with Crippen LogP contribution in [0.1, 0.15) is 33.0 Å². The maximum absolute atomic E-state index is 11.4. The number of imidazole rings is 1. The molecule has 0 aliphatic heterocycles. The van der Waals surface area contributed by atoms with Gasteiger partial charge in [-0.3, -0.25) is 4.79 Å². The van der Waals surface area contributed by atoms with E-state index in [0.717, 1.165) is 28.3 Å². The highest BCUT2D eigenvalue weighted by Gasteiger charge is 2.15. The molecule has 0 saturated heterocycles. The molecule has 0 aromatic carbocycles. The SMILES string of the molecule is Cc1cc2nc(C)c(C)n2c(C)c1C(N)=O. The molecule has 84 valence electrons. The number of carbonyl (C=O) groups excluding carboxylic acids is 1. The van der Waals surface area contributed by atoms with Crippen LogP contribution in [0, 0.1) is 27.7 Å². The number of rotatable bonds is 1. The Morgan fingerprint density at radius 3 is 2.44 bits per heavy atom. The number of aryl methyl sites for hydroxylation is 4. The fourth-order valence-corrected chi connectivity index (χ4v) is 2.19. The molecule has 2 aromatic rings.